The molecular formula is C19H16BrFN2O4. The van der Waals surface area contributed by atoms with Crippen LogP contribution in [0.1, 0.15) is 6.42 Å². The van der Waals surface area contributed by atoms with E-state index in [1.807, 2.05) is 0 Å². The van der Waals surface area contributed by atoms with Crippen LogP contribution in [0.2, 0.25) is 0 Å². The van der Waals surface area contributed by atoms with E-state index in [4.69, 9.17) is 4.74 Å². The molecule has 0 bridgehead atoms. The van der Waals surface area contributed by atoms with Crippen molar-refractivity contribution in [3.05, 3.63) is 58.8 Å². The molecule has 2 aromatic rings. The molecule has 140 valence electrons. The van der Waals surface area contributed by atoms with Crippen molar-refractivity contribution in [2.75, 3.05) is 23.4 Å². The molecule has 6 nitrogen and oxygen atoms in total. The van der Waals surface area contributed by atoms with E-state index in [1.165, 1.54) is 23.1 Å². The van der Waals surface area contributed by atoms with Crippen molar-refractivity contribution < 1.29 is 23.5 Å². The van der Waals surface area contributed by atoms with Gasteiger partial charge in [0.25, 0.3) is 5.91 Å². The molecule has 1 atom stereocenters. The third-order valence-electron chi connectivity index (χ3n) is 4.08. The monoisotopic (exact) mass is 434 g/mol. The van der Waals surface area contributed by atoms with E-state index in [1.54, 1.807) is 30.3 Å². The Morgan fingerprint density at radius 3 is 2.59 bits per heavy atom. The van der Waals surface area contributed by atoms with E-state index in [9.17, 15) is 18.8 Å². The summed E-state index contributed by atoms with van der Waals surface area (Å²) in [7, 11) is 0. The Bertz CT molecular complexity index is 872. The van der Waals surface area contributed by atoms with Crippen molar-refractivity contribution in [2.45, 2.75) is 6.42 Å². The minimum absolute atomic E-state index is 0.0208. The Labute approximate surface area is 163 Å². The molecule has 3 rings (SSSR count). The number of halogens is 2. The topological polar surface area (TPSA) is 75.7 Å². The second-order valence-electron chi connectivity index (χ2n) is 6.02. The number of amides is 2. The molecule has 0 spiro atoms. The first-order valence-electron chi connectivity index (χ1n) is 8.21. The Kier molecular flexibility index (Phi) is 5.85. The first-order chi connectivity index (χ1) is 12.9. The minimum Gasteiger partial charge on any atom is -0.455 e. The largest absolute Gasteiger partial charge is 0.455 e. The summed E-state index contributed by atoms with van der Waals surface area (Å²) in [5, 5.41) is 2.60. The molecule has 0 saturated carbocycles. The molecule has 1 N–H and O–H groups in total. The fourth-order valence-electron chi connectivity index (χ4n) is 2.75. The fraction of sp³-hybridized carbons (Fsp3) is 0.211. The number of nitrogens with zero attached hydrogens (tertiary/aromatic N) is 1. The Hall–Kier alpha value is -2.74. The van der Waals surface area contributed by atoms with Gasteiger partial charge in [0.05, 0.1) is 11.6 Å². The molecule has 0 aliphatic carbocycles. The minimum atomic E-state index is -0.738. The predicted molar refractivity (Wildman–Crippen MR) is 101 cm³/mol. The summed E-state index contributed by atoms with van der Waals surface area (Å²) in [6.07, 6.45) is -0.0818. The average molecular weight is 435 g/mol. The second kappa shape index (κ2) is 8.30. The maximum absolute atomic E-state index is 13.9. The van der Waals surface area contributed by atoms with Crippen LogP contribution in [-0.2, 0) is 19.1 Å². The third kappa shape index (κ3) is 4.71. The van der Waals surface area contributed by atoms with Gasteiger partial charge in [-0.2, -0.15) is 0 Å². The van der Waals surface area contributed by atoms with Gasteiger partial charge in [0.15, 0.2) is 6.61 Å². The van der Waals surface area contributed by atoms with E-state index >= 15 is 0 Å². The quantitative estimate of drug-likeness (QED) is 0.733. The van der Waals surface area contributed by atoms with E-state index in [2.05, 4.69) is 21.2 Å². The SMILES string of the molecule is O=C(COC(=O)[C@H]1CC(=O)N(c2ccccc2F)C1)Nc1ccc(Br)cc1. The molecule has 1 heterocycles. The maximum atomic E-state index is 13.9. The highest BCUT2D eigenvalue weighted by Crippen LogP contribution is 2.27. The van der Waals surface area contributed by atoms with Gasteiger partial charge < -0.3 is 15.0 Å². The molecule has 8 heteroatoms. The van der Waals surface area contributed by atoms with Gasteiger partial charge in [-0.25, -0.2) is 4.39 Å². The summed E-state index contributed by atoms with van der Waals surface area (Å²) >= 11 is 3.29. The van der Waals surface area contributed by atoms with Gasteiger partial charge in [0.1, 0.15) is 5.82 Å². The Balaban J connectivity index is 1.53. The zero-order chi connectivity index (χ0) is 19.4. The number of nitrogens with one attached hydrogen (secondary N) is 1. The highest BCUT2D eigenvalue weighted by Gasteiger charge is 2.37. The van der Waals surface area contributed by atoms with Gasteiger partial charge in [-0.05, 0) is 36.4 Å². The molecule has 1 aliphatic heterocycles. The highest BCUT2D eigenvalue weighted by molar-refractivity contribution is 9.10. The summed E-state index contributed by atoms with van der Waals surface area (Å²) in [5.74, 6) is -2.78. The van der Waals surface area contributed by atoms with E-state index in [0.717, 1.165) is 4.47 Å². The van der Waals surface area contributed by atoms with E-state index in [-0.39, 0.29) is 24.6 Å². The van der Waals surface area contributed by atoms with Crippen LogP contribution >= 0.6 is 15.9 Å². The van der Waals surface area contributed by atoms with Crippen molar-refractivity contribution in [1.82, 2.24) is 0 Å². The fourth-order valence-corrected chi connectivity index (χ4v) is 3.02. The van der Waals surface area contributed by atoms with Crippen LogP contribution < -0.4 is 10.2 Å². The first-order valence-corrected chi connectivity index (χ1v) is 9.00. The summed E-state index contributed by atoms with van der Waals surface area (Å²) < 4.78 is 19.7. The number of para-hydroxylation sites is 1. The number of ether oxygens (including phenoxy) is 1. The molecule has 1 aliphatic rings. The number of carbonyl (C=O) groups is 3. The van der Waals surface area contributed by atoms with E-state index in [0.29, 0.717) is 5.69 Å². The van der Waals surface area contributed by atoms with Crippen molar-refractivity contribution >= 4 is 45.1 Å². The van der Waals surface area contributed by atoms with Gasteiger partial charge in [-0.1, -0.05) is 28.1 Å². The molecule has 0 unspecified atom stereocenters. The number of anilines is 2. The lowest BCUT2D eigenvalue weighted by molar-refractivity contribution is -0.151. The van der Waals surface area contributed by atoms with Crippen molar-refractivity contribution in [2.24, 2.45) is 5.92 Å². The van der Waals surface area contributed by atoms with Gasteiger partial charge in [-0.15, -0.1) is 0 Å². The molecule has 0 aromatic heterocycles. The van der Waals surface area contributed by atoms with Crippen LogP contribution in [0.5, 0.6) is 0 Å². The maximum Gasteiger partial charge on any atom is 0.311 e. The van der Waals surface area contributed by atoms with Crippen molar-refractivity contribution in [1.29, 1.82) is 0 Å². The van der Waals surface area contributed by atoms with Gasteiger partial charge in [-0.3, -0.25) is 14.4 Å². The Morgan fingerprint density at radius 1 is 1.19 bits per heavy atom. The standard InChI is InChI=1S/C19H16BrFN2O4/c20-13-5-7-14(8-6-13)22-17(24)11-27-19(26)12-9-18(25)23(10-12)16-4-2-1-3-15(16)21/h1-8,12H,9-11H2,(H,22,24)/t12-/m0/s1. The Morgan fingerprint density at radius 2 is 1.89 bits per heavy atom. The molecule has 1 saturated heterocycles. The number of esters is 1. The number of benzene rings is 2. The molecule has 2 aromatic carbocycles. The summed E-state index contributed by atoms with van der Waals surface area (Å²) in [4.78, 5) is 37.4. The van der Waals surface area contributed by atoms with Crippen LogP contribution in [-0.4, -0.2) is 30.9 Å². The van der Waals surface area contributed by atoms with Crippen LogP contribution in [0, 0.1) is 11.7 Å². The number of carbonyl (C=O) groups excluding carboxylic acids is 3. The predicted octanol–water partition coefficient (Wildman–Crippen LogP) is 3.12. The molecular weight excluding hydrogens is 419 g/mol. The van der Waals surface area contributed by atoms with Gasteiger partial charge in [0, 0.05) is 23.1 Å². The van der Waals surface area contributed by atoms with Crippen LogP contribution in [0.15, 0.2) is 53.0 Å². The van der Waals surface area contributed by atoms with E-state index < -0.39 is 30.2 Å². The van der Waals surface area contributed by atoms with Crippen LogP contribution in [0.25, 0.3) is 0 Å². The van der Waals surface area contributed by atoms with Crippen molar-refractivity contribution in [3.63, 3.8) is 0 Å². The lowest BCUT2D eigenvalue weighted by Gasteiger charge is -2.17. The lowest BCUT2D eigenvalue weighted by atomic mass is 10.1. The van der Waals surface area contributed by atoms with Crippen molar-refractivity contribution in [3.8, 4) is 0 Å². The highest BCUT2D eigenvalue weighted by atomic mass is 79.9. The summed E-state index contributed by atoms with van der Waals surface area (Å²) in [6.45, 7) is -0.438. The van der Waals surface area contributed by atoms with Gasteiger partial charge in [0.2, 0.25) is 5.91 Å². The molecule has 0 radical (unpaired) electrons. The number of hydrogen-bond donors (Lipinski definition) is 1. The first kappa shape index (κ1) is 19.0. The smallest absolute Gasteiger partial charge is 0.311 e. The average Bonchev–Trinajstić information content (AvgIpc) is 3.04. The molecule has 2 amide bonds. The normalized spacial score (nSPS) is 16.3. The summed E-state index contributed by atoms with van der Waals surface area (Å²) in [6, 6.07) is 12.8. The second-order valence-corrected chi connectivity index (χ2v) is 6.94. The molecule has 27 heavy (non-hydrogen) atoms. The zero-order valence-electron chi connectivity index (χ0n) is 14.2. The third-order valence-corrected chi connectivity index (χ3v) is 4.60. The van der Waals surface area contributed by atoms with Crippen LogP contribution in [0.3, 0.4) is 0 Å². The zero-order valence-corrected chi connectivity index (χ0v) is 15.7. The number of rotatable bonds is 5. The van der Waals surface area contributed by atoms with Gasteiger partial charge >= 0.3 is 5.97 Å². The number of hydrogen-bond acceptors (Lipinski definition) is 4. The lowest BCUT2D eigenvalue weighted by Crippen LogP contribution is -2.28. The summed E-state index contributed by atoms with van der Waals surface area (Å²) in [5.41, 5.74) is 0.701. The molecule has 1 fully saturated rings. The van der Waals surface area contributed by atoms with Crippen LogP contribution in [0.4, 0.5) is 15.8 Å².